The zero-order valence-corrected chi connectivity index (χ0v) is 18.1. The van der Waals surface area contributed by atoms with Gasteiger partial charge in [0, 0.05) is 23.2 Å². The van der Waals surface area contributed by atoms with Gasteiger partial charge in [0.05, 0.1) is 24.4 Å². The molecule has 4 rings (SSSR count). The topological polar surface area (TPSA) is 75.7 Å². The Kier molecular flexibility index (Phi) is 6.14. The Bertz CT molecular complexity index is 1180. The molecule has 32 heavy (non-hydrogen) atoms. The standard InChI is InChI=1S/C26H24N2O4/c1-3-32-18-13-11-17(12-14-18)15-28(2)16-23(29)27-22-10-6-9-21-24(22)26(31)20-8-5-4-7-19(20)25(21)30/h4-14H,3,15-16H2,1-2H3,(H,27,29). The zero-order chi connectivity index (χ0) is 22.7. The van der Waals surface area contributed by atoms with Gasteiger partial charge in [-0.05, 0) is 37.7 Å². The molecule has 3 aromatic rings. The summed E-state index contributed by atoms with van der Waals surface area (Å²) in [6, 6.07) is 19.5. The van der Waals surface area contributed by atoms with Gasteiger partial charge in [-0.2, -0.15) is 0 Å². The smallest absolute Gasteiger partial charge is 0.238 e. The summed E-state index contributed by atoms with van der Waals surface area (Å²) in [7, 11) is 1.85. The van der Waals surface area contributed by atoms with Gasteiger partial charge in [0.15, 0.2) is 11.6 Å². The third-order valence-corrected chi connectivity index (χ3v) is 5.33. The molecule has 0 saturated heterocycles. The summed E-state index contributed by atoms with van der Waals surface area (Å²) < 4.78 is 5.45. The average molecular weight is 428 g/mol. The molecule has 1 amide bonds. The number of nitrogens with zero attached hydrogens (tertiary/aromatic N) is 1. The number of rotatable bonds is 7. The predicted molar refractivity (Wildman–Crippen MR) is 122 cm³/mol. The maximum atomic E-state index is 13.1. The molecular formula is C26H24N2O4. The highest BCUT2D eigenvalue weighted by Gasteiger charge is 2.31. The minimum absolute atomic E-state index is 0.135. The summed E-state index contributed by atoms with van der Waals surface area (Å²) >= 11 is 0. The van der Waals surface area contributed by atoms with Crippen LogP contribution in [0, 0.1) is 0 Å². The number of carbonyl (C=O) groups excluding carboxylic acids is 3. The predicted octanol–water partition coefficient (Wildman–Crippen LogP) is 3.93. The summed E-state index contributed by atoms with van der Waals surface area (Å²) in [4.78, 5) is 40.5. The molecule has 0 heterocycles. The summed E-state index contributed by atoms with van der Waals surface area (Å²) in [6.07, 6.45) is 0. The third kappa shape index (κ3) is 4.31. The molecule has 1 aliphatic carbocycles. The Labute approximate surface area is 186 Å². The molecule has 0 saturated carbocycles. The van der Waals surface area contributed by atoms with Crippen molar-refractivity contribution in [2.75, 3.05) is 25.5 Å². The number of anilines is 1. The average Bonchev–Trinajstić information content (AvgIpc) is 2.79. The number of likely N-dealkylation sites (N-methyl/N-ethyl adjacent to an activating group) is 1. The second kappa shape index (κ2) is 9.16. The number of ketones is 2. The van der Waals surface area contributed by atoms with Gasteiger partial charge in [0.25, 0.3) is 0 Å². The van der Waals surface area contributed by atoms with Crippen molar-refractivity contribution < 1.29 is 19.1 Å². The van der Waals surface area contributed by atoms with Gasteiger partial charge in [-0.25, -0.2) is 0 Å². The minimum atomic E-state index is -0.258. The number of hydrogen-bond donors (Lipinski definition) is 1. The highest BCUT2D eigenvalue weighted by Crippen LogP contribution is 2.31. The Morgan fingerprint density at radius 2 is 1.53 bits per heavy atom. The van der Waals surface area contributed by atoms with E-state index >= 15 is 0 Å². The summed E-state index contributed by atoms with van der Waals surface area (Å²) in [5, 5.41) is 2.82. The fourth-order valence-electron chi connectivity index (χ4n) is 3.91. The fraction of sp³-hybridized carbons (Fsp3) is 0.192. The zero-order valence-electron chi connectivity index (χ0n) is 18.1. The number of nitrogens with one attached hydrogen (secondary N) is 1. The number of benzene rings is 3. The molecule has 1 aliphatic rings. The first kappa shape index (κ1) is 21.5. The molecule has 0 atom stereocenters. The first-order chi connectivity index (χ1) is 15.5. The van der Waals surface area contributed by atoms with Gasteiger partial charge < -0.3 is 10.1 Å². The second-order valence-electron chi connectivity index (χ2n) is 7.73. The van der Waals surface area contributed by atoms with Gasteiger partial charge >= 0.3 is 0 Å². The van der Waals surface area contributed by atoms with Gasteiger partial charge in [0.2, 0.25) is 5.91 Å². The van der Waals surface area contributed by atoms with Gasteiger partial charge in [-0.3, -0.25) is 19.3 Å². The largest absolute Gasteiger partial charge is 0.494 e. The molecule has 6 nitrogen and oxygen atoms in total. The monoisotopic (exact) mass is 428 g/mol. The SMILES string of the molecule is CCOc1ccc(CN(C)CC(=O)Nc2cccc3c2C(=O)c2ccccc2C3=O)cc1. The van der Waals surface area contributed by atoms with Crippen molar-refractivity contribution in [3.63, 3.8) is 0 Å². The van der Waals surface area contributed by atoms with E-state index in [2.05, 4.69) is 5.32 Å². The first-order valence-electron chi connectivity index (χ1n) is 10.5. The van der Waals surface area contributed by atoms with Crippen LogP contribution in [-0.2, 0) is 11.3 Å². The molecule has 0 aliphatic heterocycles. The van der Waals surface area contributed by atoms with Crippen LogP contribution >= 0.6 is 0 Å². The van der Waals surface area contributed by atoms with Crippen LogP contribution in [0.1, 0.15) is 44.3 Å². The number of ether oxygens (including phenoxy) is 1. The minimum Gasteiger partial charge on any atom is -0.494 e. The van der Waals surface area contributed by atoms with E-state index in [0.29, 0.717) is 35.5 Å². The molecule has 1 N–H and O–H groups in total. The normalized spacial score (nSPS) is 12.3. The van der Waals surface area contributed by atoms with Crippen LogP contribution in [0.3, 0.4) is 0 Å². The lowest BCUT2D eigenvalue weighted by molar-refractivity contribution is -0.117. The van der Waals surface area contributed by atoms with Crippen molar-refractivity contribution in [3.8, 4) is 5.75 Å². The molecule has 0 radical (unpaired) electrons. The van der Waals surface area contributed by atoms with Gasteiger partial charge in [0.1, 0.15) is 5.75 Å². The van der Waals surface area contributed by atoms with Crippen molar-refractivity contribution in [3.05, 3.63) is 94.5 Å². The van der Waals surface area contributed by atoms with E-state index in [1.807, 2.05) is 43.1 Å². The Morgan fingerprint density at radius 3 is 2.22 bits per heavy atom. The fourth-order valence-corrected chi connectivity index (χ4v) is 3.91. The molecule has 0 aromatic heterocycles. The van der Waals surface area contributed by atoms with E-state index in [-0.39, 0.29) is 29.6 Å². The molecule has 0 bridgehead atoms. The third-order valence-electron chi connectivity index (χ3n) is 5.33. The molecule has 3 aromatic carbocycles. The van der Waals surface area contributed by atoms with Crippen molar-refractivity contribution in [2.24, 2.45) is 0 Å². The lowest BCUT2D eigenvalue weighted by Crippen LogP contribution is -2.31. The number of hydrogen-bond acceptors (Lipinski definition) is 5. The maximum Gasteiger partial charge on any atom is 0.238 e. The maximum absolute atomic E-state index is 13.1. The van der Waals surface area contributed by atoms with E-state index in [0.717, 1.165) is 11.3 Å². The lowest BCUT2D eigenvalue weighted by Gasteiger charge is -2.21. The summed E-state index contributed by atoms with van der Waals surface area (Å²) in [5.41, 5.74) is 2.73. The molecule has 162 valence electrons. The number of amides is 1. The van der Waals surface area contributed by atoms with Gasteiger partial charge in [-0.1, -0.05) is 48.5 Å². The van der Waals surface area contributed by atoms with Crippen LogP contribution < -0.4 is 10.1 Å². The Hall–Kier alpha value is -3.77. The summed E-state index contributed by atoms with van der Waals surface area (Å²) in [6.45, 7) is 3.27. The van der Waals surface area contributed by atoms with Crippen LogP contribution in [0.5, 0.6) is 5.75 Å². The van der Waals surface area contributed by atoms with Crippen LogP contribution in [0.2, 0.25) is 0 Å². The van der Waals surface area contributed by atoms with E-state index in [1.54, 1.807) is 42.5 Å². The molecule has 0 unspecified atom stereocenters. The van der Waals surface area contributed by atoms with Crippen LogP contribution in [0.15, 0.2) is 66.7 Å². The quantitative estimate of drug-likeness (QED) is 0.483. The summed E-state index contributed by atoms with van der Waals surface area (Å²) in [5.74, 6) is 0.0880. The van der Waals surface area contributed by atoms with Crippen molar-refractivity contribution >= 4 is 23.2 Å². The Balaban J connectivity index is 1.46. The van der Waals surface area contributed by atoms with E-state index in [4.69, 9.17) is 4.74 Å². The van der Waals surface area contributed by atoms with Crippen LogP contribution in [0.4, 0.5) is 5.69 Å². The first-order valence-corrected chi connectivity index (χ1v) is 10.5. The van der Waals surface area contributed by atoms with Crippen LogP contribution in [-0.4, -0.2) is 42.6 Å². The van der Waals surface area contributed by atoms with Crippen LogP contribution in [0.25, 0.3) is 0 Å². The number of carbonyl (C=O) groups is 3. The molecular weight excluding hydrogens is 404 g/mol. The number of fused-ring (bicyclic) bond motifs is 2. The van der Waals surface area contributed by atoms with E-state index in [9.17, 15) is 14.4 Å². The van der Waals surface area contributed by atoms with E-state index in [1.165, 1.54) is 0 Å². The second-order valence-corrected chi connectivity index (χ2v) is 7.73. The van der Waals surface area contributed by atoms with Gasteiger partial charge in [-0.15, -0.1) is 0 Å². The molecule has 0 spiro atoms. The van der Waals surface area contributed by atoms with Crippen molar-refractivity contribution in [1.29, 1.82) is 0 Å². The molecule has 0 fully saturated rings. The molecule has 6 heteroatoms. The highest BCUT2D eigenvalue weighted by atomic mass is 16.5. The lowest BCUT2D eigenvalue weighted by atomic mass is 9.83. The highest BCUT2D eigenvalue weighted by molar-refractivity contribution is 6.30. The van der Waals surface area contributed by atoms with Crippen molar-refractivity contribution in [2.45, 2.75) is 13.5 Å². The Morgan fingerprint density at radius 1 is 0.875 bits per heavy atom. The van der Waals surface area contributed by atoms with E-state index < -0.39 is 0 Å². The van der Waals surface area contributed by atoms with Crippen molar-refractivity contribution in [1.82, 2.24) is 4.90 Å².